The highest BCUT2D eigenvalue weighted by molar-refractivity contribution is 7.80. The van der Waals surface area contributed by atoms with Crippen LogP contribution in [-0.4, -0.2) is 14.7 Å². The minimum Gasteiger partial charge on any atom is -0.351 e. The Kier molecular flexibility index (Phi) is 5.17. The van der Waals surface area contributed by atoms with Crippen molar-refractivity contribution < 1.29 is 0 Å². The highest BCUT2D eigenvalue weighted by Crippen LogP contribution is 2.43. The molecule has 4 rings (SSSR count). The second kappa shape index (κ2) is 7.64. The minimum atomic E-state index is -0.00896. The molecule has 1 aliphatic rings. The lowest BCUT2D eigenvalue weighted by Crippen LogP contribution is -2.29. The van der Waals surface area contributed by atoms with E-state index in [0.717, 1.165) is 16.5 Å². The molecule has 29 heavy (non-hydrogen) atoms. The van der Waals surface area contributed by atoms with Crippen LogP contribution >= 0.6 is 12.2 Å². The molecule has 1 fully saturated rings. The first kappa shape index (κ1) is 19.6. The van der Waals surface area contributed by atoms with Gasteiger partial charge in [0.25, 0.3) is 0 Å². The summed E-state index contributed by atoms with van der Waals surface area (Å²) in [5.41, 5.74) is 7.19. The number of hydrogen-bond donors (Lipinski definition) is 1. The average molecular weight is 405 g/mol. The van der Waals surface area contributed by atoms with Crippen LogP contribution in [0.25, 0.3) is 0 Å². The van der Waals surface area contributed by atoms with E-state index >= 15 is 0 Å². The van der Waals surface area contributed by atoms with E-state index in [2.05, 4.69) is 90.8 Å². The van der Waals surface area contributed by atoms with E-state index in [1.165, 1.54) is 22.5 Å². The normalized spacial score (nSPS) is 19.1. The van der Waals surface area contributed by atoms with Gasteiger partial charge < -0.3 is 14.8 Å². The van der Waals surface area contributed by atoms with E-state index in [1.54, 1.807) is 0 Å². The van der Waals surface area contributed by atoms with Gasteiger partial charge in [-0.15, -0.1) is 0 Å². The monoisotopic (exact) mass is 404 g/mol. The Morgan fingerprint density at radius 2 is 1.83 bits per heavy atom. The molecule has 150 valence electrons. The first-order valence-corrected chi connectivity index (χ1v) is 10.5. The number of rotatable bonds is 4. The molecule has 1 aliphatic heterocycles. The molecule has 0 bridgehead atoms. The third-order valence-electron chi connectivity index (χ3n) is 5.74. The van der Waals surface area contributed by atoms with Crippen molar-refractivity contribution in [3.63, 3.8) is 0 Å². The Bertz CT molecular complexity index is 1040. The number of nitrogens with one attached hydrogen (secondary N) is 1. The predicted molar refractivity (Wildman–Crippen MR) is 123 cm³/mol. The van der Waals surface area contributed by atoms with Crippen molar-refractivity contribution in [2.45, 2.75) is 52.7 Å². The lowest BCUT2D eigenvalue weighted by Gasteiger charge is -2.28. The van der Waals surface area contributed by atoms with E-state index in [4.69, 9.17) is 12.2 Å². The summed E-state index contributed by atoms with van der Waals surface area (Å²) in [6, 6.07) is 17.4. The molecule has 0 amide bonds. The number of benzene rings is 1. The minimum absolute atomic E-state index is 0.00896. The van der Waals surface area contributed by atoms with Crippen LogP contribution in [0.3, 0.4) is 0 Å². The molecule has 3 aromatic rings. The molecule has 0 aliphatic carbocycles. The van der Waals surface area contributed by atoms with Crippen molar-refractivity contribution in [2.75, 3.05) is 4.90 Å². The van der Waals surface area contributed by atoms with Crippen molar-refractivity contribution in [1.82, 2.24) is 14.9 Å². The molecule has 1 saturated heterocycles. The van der Waals surface area contributed by atoms with Gasteiger partial charge in [-0.1, -0.05) is 18.2 Å². The van der Waals surface area contributed by atoms with Crippen LogP contribution in [0, 0.1) is 20.8 Å². The van der Waals surface area contributed by atoms with Crippen LogP contribution in [0.15, 0.2) is 54.7 Å². The molecule has 2 atom stereocenters. The van der Waals surface area contributed by atoms with Crippen molar-refractivity contribution in [3.8, 4) is 0 Å². The van der Waals surface area contributed by atoms with Gasteiger partial charge in [-0.3, -0.25) is 4.98 Å². The van der Waals surface area contributed by atoms with E-state index in [1.807, 2.05) is 18.3 Å². The number of nitrogens with zero attached hydrogens (tertiary/aromatic N) is 3. The fourth-order valence-corrected chi connectivity index (χ4v) is 4.97. The topological polar surface area (TPSA) is 33.1 Å². The maximum Gasteiger partial charge on any atom is 0.174 e. The van der Waals surface area contributed by atoms with Gasteiger partial charge in [-0.05, 0) is 88.3 Å². The number of aryl methyl sites for hydroxylation is 2. The summed E-state index contributed by atoms with van der Waals surface area (Å²) < 4.78 is 2.40. The van der Waals surface area contributed by atoms with Gasteiger partial charge in [-0.2, -0.15) is 0 Å². The molecule has 1 N–H and O–H groups in total. The average Bonchev–Trinajstić information content (AvgIpc) is 3.18. The first-order chi connectivity index (χ1) is 13.9. The van der Waals surface area contributed by atoms with Crippen molar-refractivity contribution >= 4 is 23.0 Å². The summed E-state index contributed by atoms with van der Waals surface area (Å²) >= 11 is 5.83. The number of pyridine rings is 1. The van der Waals surface area contributed by atoms with Crippen LogP contribution in [0.1, 0.15) is 60.2 Å². The number of anilines is 1. The largest absolute Gasteiger partial charge is 0.351 e. The molecule has 4 nitrogen and oxygen atoms in total. The second-order valence-electron chi connectivity index (χ2n) is 8.13. The van der Waals surface area contributed by atoms with E-state index in [0.29, 0.717) is 6.04 Å². The molecule has 1 aromatic carbocycles. The number of hydrogen-bond acceptors (Lipinski definition) is 2. The maximum atomic E-state index is 5.83. The Morgan fingerprint density at radius 1 is 1.03 bits per heavy atom. The quantitative estimate of drug-likeness (QED) is 0.577. The van der Waals surface area contributed by atoms with E-state index < -0.39 is 0 Å². The summed E-state index contributed by atoms with van der Waals surface area (Å²) in [6.07, 6.45) is 1.85. The number of thiocarbonyl (C=S) groups is 1. The molecule has 0 spiro atoms. The molecule has 3 heterocycles. The lowest BCUT2D eigenvalue weighted by molar-refractivity contribution is 0.547. The standard InChI is InChI=1S/C24H28N4S/c1-15(2)27-17(4)14-20(18(27)5)23-22(21-11-6-7-12-25-21)26-24(29)28(23)19-10-8-9-16(3)13-19/h6-15,22-23H,1-5H3,(H,26,29). The Labute approximate surface area is 178 Å². The SMILES string of the molecule is Cc1cccc(N2C(=S)NC(c3ccccn3)C2c2cc(C)n(C(C)C)c2C)c1. The Morgan fingerprint density at radius 3 is 2.45 bits per heavy atom. The zero-order chi connectivity index (χ0) is 20.7. The molecule has 0 radical (unpaired) electrons. The summed E-state index contributed by atoms with van der Waals surface area (Å²) in [5.74, 6) is 0. The van der Waals surface area contributed by atoms with Gasteiger partial charge in [0.05, 0.1) is 17.8 Å². The van der Waals surface area contributed by atoms with Crippen LogP contribution in [0.4, 0.5) is 5.69 Å². The molecular weight excluding hydrogens is 376 g/mol. The van der Waals surface area contributed by atoms with Gasteiger partial charge in [0.15, 0.2) is 5.11 Å². The van der Waals surface area contributed by atoms with Crippen LogP contribution in [0.2, 0.25) is 0 Å². The summed E-state index contributed by atoms with van der Waals surface area (Å²) in [5, 5.41) is 4.30. The highest BCUT2D eigenvalue weighted by atomic mass is 32.1. The molecule has 0 saturated carbocycles. The Balaban J connectivity index is 1.90. The maximum absolute atomic E-state index is 5.83. The van der Waals surface area contributed by atoms with Gasteiger partial charge in [0.2, 0.25) is 0 Å². The molecule has 5 heteroatoms. The zero-order valence-electron chi connectivity index (χ0n) is 17.7. The first-order valence-electron chi connectivity index (χ1n) is 10.1. The van der Waals surface area contributed by atoms with E-state index in [-0.39, 0.29) is 12.1 Å². The molecular formula is C24H28N4S. The molecule has 2 aromatic heterocycles. The molecule has 2 unspecified atom stereocenters. The van der Waals surface area contributed by atoms with Crippen molar-refractivity contribution in [2.24, 2.45) is 0 Å². The van der Waals surface area contributed by atoms with Crippen LogP contribution in [0.5, 0.6) is 0 Å². The zero-order valence-corrected chi connectivity index (χ0v) is 18.5. The highest BCUT2D eigenvalue weighted by Gasteiger charge is 2.42. The van der Waals surface area contributed by atoms with Crippen LogP contribution < -0.4 is 10.2 Å². The lowest BCUT2D eigenvalue weighted by atomic mass is 9.96. The number of aromatic nitrogens is 2. The second-order valence-corrected chi connectivity index (χ2v) is 8.51. The summed E-state index contributed by atoms with van der Waals surface area (Å²) in [6.45, 7) is 11.0. The third kappa shape index (κ3) is 3.44. The van der Waals surface area contributed by atoms with Crippen molar-refractivity contribution in [1.29, 1.82) is 0 Å². The fourth-order valence-electron chi connectivity index (χ4n) is 4.62. The summed E-state index contributed by atoms with van der Waals surface area (Å²) in [7, 11) is 0. The van der Waals surface area contributed by atoms with Crippen LogP contribution in [-0.2, 0) is 0 Å². The summed E-state index contributed by atoms with van der Waals surface area (Å²) in [4.78, 5) is 6.91. The predicted octanol–water partition coefficient (Wildman–Crippen LogP) is 5.57. The van der Waals surface area contributed by atoms with Gasteiger partial charge >= 0.3 is 0 Å². The Hall–Kier alpha value is -2.66. The van der Waals surface area contributed by atoms with Gasteiger partial charge in [0, 0.05) is 29.3 Å². The smallest absolute Gasteiger partial charge is 0.174 e. The van der Waals surface area contributed by atoms with Gasteiger partial charge in [-0.25, -0.2) is 0 Å². The fraction of sp³-hybridized carbons (Fsp3) is 0.333. The van der Waals surface area contributed by atoms with Gasteiger partial charge in [0.1, 0.15) is 0 Å². The van der Waals surface area contributed by atoms with E-state index in [9.17, 15) is 0 Å². The third-order valence-corrected chi connectivity index (χ3v) is 6.05. The van der Waals surface area contributed by atoms with Crippen molar-refractivity contribution in [3.05, 3.63) is 82.9 Å².